The third kappa shape index (κ3) is 5.59. The zero-order chi connectivity index (χ0) is 21.6. The quantitative estimate of drug-likeness (QED) is 0.587. The van der Waals surface area contributed by atoms with Crippen LogP contribution in [0.15, 0.2) is 23.1 Å². The Morgan fingerprint density at radius 3 is 2.50 bits per heavy atom. The molecular weight excluding hydrogens is 406 g/mol. The second-order valence-electron chi connectivity index (χ2n) is 7.88. The molecule has 1 aromatic carbocycles. The van der Waals surface area contributed by atoms with E-state index in [1.807, 2.05) is 12.1 Å². The van der Waals surface area contributed by atoms with Gasteiger partial charge in [-0.2, -0.15) is 4.31 Å². The number of methoxy groups -OCH3 is 1. The molecule has 1 heterocycles. The van der Waals surface area contributed by atoms with Crippen LogP contribution in [0, 0.1) is 5.92 Å². The number of fused-ring (bicyclic) bond motifs is 1. The lowest BCUT2D eigenvalue weighted by Gasteiger charge is -2.30. The molecule has 0 saturated carbocycles. The number of piperidine rings is 1. The molecule has 0 bridgehead atoms. The summed E-state index contributed by atoms with van der Waals surface area (Å²) in [6.07, 6.45) is 5.09. The maximum Gasteiger partial charge on any atom is 0.243 e. The molecule has 0 atom stereocenters. The van der Waals surface area contributed by atoms with Crippen LogP contribution in [-0.4, -0.2) is 64.4 Å². The highest BCUT2D eigenvalue weighted by molar-refractivity contribution is 7.89. The summed E-state index contributed by atoms with van der Waals surface area (Å²) in [6, 6.07) is 5.48. The summed E-state index contributed by atoms with van der Waals surface area (Å²) in [6.45, 7) is 1.33. The van der Waals surface area contributed by atoms with E-state index < -0.39 is 10.0 Å². The number of benzene rings is 1. The highest BCUT2D eigenvalue weighted by Gasteiger charge is 2.32. The average Bonchev–Trinajstić information content (AvgIpc) is 2.77. The summed E-state index contributed by atoms with van der Waals surface area (Å²) in [5.41, 5.74) is 2.39. The minimum absolute atomic E-state index is 0.0871. The van der Waals surface area contributed by atoms with Crippen LogP contribution in [0.4, 0.5) is 0 Å². The predicted molar refractivity (Wildman–Crippen MR) is 112 cm³/mol. The molecule has 3 rings (SSSR count). The molecule has 1 aromatic rings. The number of hydrogen-bond donors (Lipinski definition) is 2. The second-order valence-corrected chi connectivity index (χ2v) is 9.81. The molecule has 1 aliphatic heterocycles. The third-order valence-corrected chi connectivity index (χ3v) is 7.73. The largest absolute Gasteiger partial charge is 0.383 e. The first-order valence-electron chi connectivity index (χ1n) is 10.6. The topological polar surface area (TPSA) is 105 Å². The van der Waals surface area contributed by atoms with Gasteiger partial charge in [0, 0.05) is 32.7 Å². The van der Waals surface area contributed by atoms with Gasteiger partial charge < -0.3 is 15.4 Å². The molecule has 0 radical (unpaired) electrons. The Bertz CT molecular complexity index is 863. The van der Waals surface area contributed by atoms with E-state index in [2.05, 4.69) is 10.6 Å². The van der Waals surface area contributed by atoms with Gasteiger partial charge in [0.15, 0.2) is 0 Å². The molecule has 0 spiro atoms. The Balaban J connectivity index is 1.51. The molecule has 2 aliphatic rings. The molecule has 8 nitrogen and oxygen atoms in total. The highest BCUT2D eigenvalue weighted by atomic mass is 32.2. The van der Waals surface area contributed by atoms with Gasteiger partial charge in [-0.05, 0) is 61.8 Å². The normalized spacial score (nSPS) is 17.9. The van der Waals surface area contributed by atoms with Crippen LogP contribution in [0.2, 0.25) is 0 Å². The number of hydrogen-bond acceptors (Lipinski definition) is 5. The molecule has 9 heteroatoms. The van der Waals surface area contributed by atoms with Gasteiger partial charge in [-0.3, -0.25) is 9.59 Å². The zero-order valence-electron chi connectivity index (χ0n) is 17.5. The van der Waals surface area contributed by atoms with Gasteiger partial charge in [0.25, 0.3) is 0 Å². The van der Waals surface area contributed by atoms with Gasteiger partial charge in [-0.15, -0.1) is 0 Å². The van der Waals surface area contributed by atoms with E-state index in [4.69, 9.17) is 4.74 Å². The molecular formula is C21H31N3O5S. The Labute approximate surface area is 178 Å². The van der Waals surface area contributed by atoms with Gasteiger partial charge in [-0.25, -0.2) is 8.42 Å². The van der Waals surface area contributed by atoms with Crippen molar-refractivity contribution in [1.82, 2.24) is 14.9 Å². The summed E-state index contributed by atoms with van der Waals surface area (Å²) in [5, 5.41) is 5.28. The molecule has 2 N–H and O–H groups in total. The standard InChI is InChI=1S/C21H31N3O5S/c1-29-13-10-22-20(25)15-23-21(26)17-8-11-24(12-9-17)30(27,28)19-7-6-16-4-2-3-5-18(16)14-19/h6-7,14,17H,2-5,8-13,15H2,1H3,(H,22,25)(H,23,26). The van der Waals surface area contributed by atoms with Crippen molar-refractivity contribution in [2.75, 3.05) is 39.9 Å². The van der Waals surface area contributed by atoms with E-state index in [1.165, 1.54) is 9.87 Å². The number of carbonyl (C=O) groups excluding carboxylic acids is 2. The van der Waals surface area contributed by atoms with Crippen LogP contribution in [0.5, 0.6) is 0 Å². The van der Waals surface area contributed by atoms with Crippen molar-refractivity contribution >= 4 is 21.8 Å². The number of sulfonamides is 1. The van der Waals surface area contributed by atoms with Crippen molar-refractivity contribution in [3.05, 3.63) is 29.3 Å². The smallest absolute Gasteiger partial charge is 0.243 e. The fraction of sp³-hybridized carbons (Fsp3) is 0.619. The number of aryl methyl sites for hydroxylation is 2. The number of rotatable bonds is 8. The lowest BCUT2D eigenvalue weighted by atomic mass is 9.92. The monoisotopic (exact) mass is 437 g/mol. The number of nitrogens with one attached hydrogen (secondary N) is 2. The fourth-order valence-corrected chi connectivity index (χ4v) is 5.57. The van der Waals surface area contributed by atoms with E-state index in [-0.39, 0.29) is 24.3 Å². The Hall–Kier alpha value is -1.97. The number of ether oxygens (including phenoxy) is 1. The SMILES string of the molecule is COCCNC(=O)CNC(=O)C1CCN(S(=O)(=O)c2ccc3c(c2)CCCC3)CC1. The van der Waals surface area contributed by atoms with Gasteiger partial charge in [0.05, 0.1) is 18.0 Å². The summed E-state index contributed by atoms with van der Waals surface area (Å²) in [5.74, 6) is -0.762. The third-order valence-electron chi connectivity index (χ3n) is 5.83. The first-order valence-corrected chi connectivity index (χ1v) is 12.0. The van der Waals surface area contributed by atoms with Crippen molar-refractivity contribution in [3.8, 4) is 0 Å². The molecule has 166 valence electrons. The first-order chi connectivity index (χ1) is 14.4. The molecule has 30 heavy (non-hydrogen) atoms. The van der Waals surface area contributed by atoms with E-state index in [0.717, 1.165) is 31.2 Å². The summed E-state index contributed by atoms with van der Waals surface area (Å²) in [7, 11) is -2.01. The summed E-state index contributed by atoms with van der Waals surface area (Å²) >= 11 is 0. The van der Waals surface area contributed by atoms with Crippen molar-refractivity contribution in [3.63, 3.8) is 0 Å². The number of carbonyl (C=O) groups is 2. The number of nitrogens with zero attached hydrogens (tertiary/aromatic N) is 1. The van der Waals surface area contributed by atoms with Crippen molar-refractivity contribution in [2.45, 2.75) is 43.4 Å². The van der Waals surface area contributed by atoms with E-state index in [1.54, 1.807) is 13.2 Å². The van der Waals surface area contributed by atoms with Crippen LogP contribution < -0.4 is 10.6 Å². The summed E-state index contributed by atoms with van der Waals surface area (Å²) in [4.78, 5) is 24.4. The van der Waals surface area contributed by atoms with Gasteiger partial charge >= 0.3 is 0 Å². The van der Waals surface area contributed by atoms with Crippen LogP contribution in [0.25, 0.3) is 0 Å². The Morgan fingerprint density at radius 1 is 1.10 bits per heavy atom. The van der Waals surface area contributed by atoms with Crippen LogP contribution in [-0.2, 0) is 37.2 Å². The maximum atomic E-state index is 13.1. The van der Waals surface area contributed by atoms with Crippen molar-refractivity contribution < 1.29 is 22.7 Å². The van der Waals surface area contributed by atoms with Gasteiger partial charge in [-0.1, -0.05) is 6.07 Å². The highest BCUT2D eigenvalue weighted by Crippen LogP contribution is 2.28. The maximum absolute atomic E-state index is 13.1. The fourth-order valence-electron chi connectivity index (χ4n) is 4.04. The Kier molecular flexibility index (Phi) is 7.85. The molecule has 0 unspecified atom stereocenters. The van der Waals surface area contributed by atoms with E-state index in [0.29, 0.717) is 44.0 Å². The van der Waals surface area contributed by atoms with Crippen LogP contribution in [0.3, 0.4) is 0 Å². The molecule has 0 aromatic heterocycles. The molecule has 1 fully saturated rings. The molecule has 2 amide bonds. The summed E-state index contributed by atoms with van der Waals surface area (Å²) < 4.78 is 32.4. The lowest BCUT2D eigenvalue weighted by molar-refractivity contribution is -0.129. The average molecular weight is 438 g/mol. The number of amides is 2. The van der Waals surface area contributed by atoms with Crippen molar-refractivity contribution in [2.24, 2.45) is 5.92 Å². The van der Waals surface area contributed by atoms with Crippen LogP contribution >= 0.6 is 0 Å². The minimum Gasteiger partial charge on any atom is -0.383 e. The zero-order valence-corrected chi connectivity index (χ0v) is 18.3. The Morgan fingerprint density at radius 2 is 1.80 bits per heavy atom. The molecule has 1 aliphatic carbocycles. The van der Waals surface area contributed by atoms with E-state index in [9.17, 15) is 18.0 Å². The first kappa shape index (κ1) is 22.7. The van der Waals surface area contributed by atoms with Crippen LogP contribution in [0.1, 0.15) is 36.8 Å². The van der Waals surface area contributed by atoms with Gasteiger partial charge in [0.1, 0.15) is 0 Å². The second kappa shape index (κ2) is 10.4. The van der Waals surface area contributed by atoms with E-state index >= 15 is 0 Å². The lowest BCUT2D eigenvalue weighted by Crippen LogP contribution is -2.45. The predicted octanol–water partition coefficient (Wildman–Crippen LogP) is 0.845. The molecule has 1 saturated heterocycles. The van der Waals surface area contributed by atoms with Crippen molar-refractivity contribution in [1.29, 1.82) is 0 Å². The minimum atomic E-state index is -3.56. The van der Waals surface area contributed by atoms with Gasteiger partial charge in [0.2, 0.25) is 21.8 Å².